The van der Waals surface area contributed by atoms with Crippen molar-refractivity contribution in [3.63, 3.8) is 0 Å². The summed E-state index contributed by atoms with van der Waals surface area (Å²) in [6.07, 6.45) is 13.7. The maximum Gasteiger partial charge on any atom is 0.0742 e. The minimum Gasteiger partial charge on any atom is -0.319 e. The summed E-state index contributed by atoms with van der Waals surface area (Å²) in [4.78, 5) is 0.649. The fourth-order valence-electron chi connectivity index (χ4n) is 2.69. The molecule has 0 spiro atoms. The summed E-state index contributed by atoms with van der Waals surface area (Å²) >= 11 is 5.47. The van der Waals surface area contributed by atoms with E-state index in [0.717, 1.165) is 12.8 Å². The Bertz CT molecular complexity index is 330. The Kier molecular flexibility index (Phi) is 5.80. The predicted octanol–water partition coefficient (Wildman–Crippen LogP) is 3.52. The molecule has 0 aromatic heterocycles. The number of rotatable bonds is 4. The molecule has 0 aromatic carbocycles. The first-order valence-electron chi connectivity index (χ1n) is 6.83. The van der Waals surface area contributed by atoms with Crippen molar-refractivity contribution >= 4 is 27.7 Å². The van der Waals surface area contributed by atoms with E-state index < -0.39 is 0 Å². The van der Waals surface area contributed by atoms with Crippen LogP contribution in [0.5, 0.6) is 0 Å². The molecule has 0 aliphatic heterocycles. The van der Waals surface area contributed by atoms with Crippen LogP contribution in [0.2, 0.25) is 0 Å². The molecule has 2 nitrogen and oxygen atoms in total. The van der Waals surface area contributed by atoms with E-state index in [1.54, 1.807) is 11.8 Å². The van der Waals surface area contributed by atoms with Crippen LogP contribution in [0.1, 0.15) is 38.5 Å². The highest BCUT2D eigenvalue weighted by molar-refractivity contribution is 9.09. The lowest BCUT2D eigenvalue weighted by Gasteiger charge is -2.31. The van der Waals surface area contributed by atoms with E-state index in [1.165, 1.54) is 31.3 Å². The minimum absolute atomic E-state index is 0.0700. The smallest absolute Gasteiger partial charge is 0.0742 e. The maximum absolute atomic E-state index is 6.34. The van der Waals surface area contributed by atoms with Gasteiger partial charge in [-0.15, -0.1) is 11.8 Å². The van der Waals surface area contributed by atoms with E-state index in [9.17, 15) is 0 Å². The zero-order chi connectivity index (χ0) is 13.0. The highest BCUT2D eigenvalue weighted by Crippen LogP contribution is 2.35. The normalized spacial score (nSPS) is 31.8. The molecule has 4 heteroatoms. The van der Waals surface area contributed by atoms with Gasteiger partial charge in [0.1, 0.15) is 0 Å². The van der Waals surface area contributed by atoms with Gasteiger partial charge in [0.15, 0.2) is 0 Å². The monoisotopic (exact) mass is 330 g/mol. The number of thioether (sulfide) groups is 1. The molecule has 4 atom stereocenters. The van der Waals surface area contributed by atoms with Crippen molar-refractivity contribution in [2.45, 2.75) is 54.1 Å². The number of alkyl halides is 1. The summed E-state index contributed by atoms with van der Waals surface area (Å²) in [7, 11) is 0. The Morgan fingerprint density at radius 1 is 1.33 bits per heavy atom. The molecule has 1 saturated carbocycles. The molecule has 1 fully saturated rings. The number of allylic oxidation sites excluding steroid dienone is 3. The molecule has 2 aliphatic carbocycles. The van der Waals surface area contributed by atoms with Gasteiger partial charge < -0.3 is 11.5 Å². The molecule has 18 heavy (non-hydrogen) atoms. The number of hydrogen-bond donors (Lipinski definition) is 2. The fraction of sp³-hybridized carbons (Fsp3) is 0.714. The van der Waals surface area contributed by atoms with Crippen molar-refractivity contribution in [3.05, 3.63) is 23.8 Å². The molecule has 2 aliphatic rings. The zero-order valence-electron chi connectivity index (χ0n) is 10.7. The summed E-state index contributed by atoms with van der Waals surface area (Å²) < 4.78 is 0. The van der Waals surface area contributed by atoms with Crippen LogP contribution in [-0.2, 0) is 0 Å². The van der Waals surface area contributed by atoms with Crippen LogP contribution in [0.15, 0.2) is 23.8 Å². The third-order valence-electron chi connectivity index (χ3n) is 3.83. The van der Waals surface area contributed by atoms with E-state index >= 15 is 0 Å². The molecule has 0 saturated heterocycles. The molecule has 4 unspecified atom stereocenters. The second-order valence-electron chi connectivity index (χ2n) is 5.25. The van der Waals surface area contributed by atoms with Gasteiger partial charge in [-0.1, -0.05) is 40.6 Å². The summed E-state index contributed by atoms with van der Waals surface area (Å²) in [5.74, 6) is 0.610. The lowest BCUT2D eigenvalue weighted by molar-refractivity contribution is 0.362. The molecule has 2 rings (SSSR count). The predicted molar refractivity (Wildman–Crippen MR) is 84.7 cm³/mol. The fourth-order valence-corrected chi connectivity index (χ4v) is 4.67. The van der Waals surface area contributed by atoms with E-state index in [0.29, 0.717) is 10.7 Å². The van der Waals surface area contributed by atoms with E-state index in [4.69, 9.17) is 11.5 Å². The van der Waals surface area contributed by atoms with Crippen molar-refractivity contribution in [3.8, 4) is 0 Å². The molecular formula is C14H23BrN2S. The van der Waals surface area contributed by atoms with Gasteiger partial charge in [0.05, 0.1) is 10.7 Å². The Hall–Kier alpha value is 0.230. The molecule has 0 radical (unpaired) electrons. The molecule has 4 N–H and O–H groups in total. The van der Waals surface area contributed by atoms with Gasteiger partial charge in [-0.25, -0.2) is 0 Å². The summed E-state index contributed by atoms with van der Waals surface area (Å²) in [5.41, 5.74) is 13.9. The van der Waals surface area contributed by atoms with Crippen molar-refractivity contribution < 1.29 is 0 Å². The van der Waals surface area contributed by atoms with Gasteiger partial charge in [0.2, 0.25) is 0 Å². The highest BCUT2D eigenvalue weighted by Gasteiger charge is 2.27. The van der Waals surface area contributed by atoms with Crippen LogP contribution in [0.3, 0.4) is 0 Å². The van der Waals surface area contributed by atoms with Gasteiger partial charge >= 0.3 is 0 Å². The summed E-state index contributed by atoms with van der Waals surface area (Å²) in [6, 6.07) is 0. The first kappa shape index (κ1) is 14.6. The first-order valence-corrected chi connectivity index (χ1v) is 8.69. The Balaban J connectivity index is 1.84. The maximum atomic E-state index is 6.34. The van der Waals surface area contributed by atoms with E-state index in [1.807, 2.05) is 0 Å². The quantitative estimate of drug-likeness (QED) is 0.612. The first-order chi connectivity index (χ1) is 8.66. The molecule has 0 amide bonds. The van der Waals surface area contributed by atoms with Gasteiger partial charge in [-0.2, -0.15) is 0 Å². The van der Waals surface area contributed by atoms with E-state index in [2.05, 4.69) is 34.2 Å². The van der Waals surface area contributed by atoms with Crippen LogP contribution in [-0.4, -0.2) is 15.6 Å². The lowest BCUT2D eigenvalue weighted by Crippen LogP contribution is -2.35. The van der Waals surface area contributed by atoms with Gasteiger partial charge in [0, 0.05) is 4.83 Å². The molecule has 0 bridgehead atoms. The Morgan fingerprint density at radius 3 is 2.83 bits per heavy atom. The van der Waals surface area contributed by atoms with E-state index in [-0.39, 0.29) is 10.7 Å². The summed E-state index contributed by atoms with van der Waals surface area (Å²) in [6.45, 7) is 0. The van der Waals surface area contributed by atoms with Crippen molar-refractivity contribution in [1.82, 2.24) is 0 Å². The van der Waals surface area contributed by atoms with Crippen LogP contribution < -0.4 is 11.5 Å². The Labute approximate surface area is 123 Å². The molecule has 0 aromatic rings. The second-order valence-corrected chi connectivity index (χ2v) is 7.87. The van der Waals surface area contributed by atoms with Gasteiger partial charge in [0.25, 0.3) is 0 Å². The van der Waals surface area contributed by atoms with Gasteiger partial charge in [-0.05, 0) is 43.6 Å². The number of halogens is 1. The lowest BCUT2D eigenvalue weighted by atomic mass is 9.89. The molecule has 0 heterocycles. The largest absolute Gasteiger partial charge is 0.319 e. The SMILES string of the molecule is NC(SC(N)C1CCCC(Br)C1)C1=CC=CCC1. The standard InChI is InChI=1S/C14H23BrN2S/c15-12-8-4-7-11(9-12)14(17)18-13(16)10-5-2-1-3-6-10/h1-2,5,11-14H,3-4,6-9,16-17H2. The third kappa shape index (κ3) is 4.12. The summed E-state index contributed by atoms with van der Waals surface area (Å²) in [5, 5.41) is 0.243. The Morgan fingerprint density at radius 2 is 2.17 bits per heavy atom. The minimum atomic E-state index is 0.0700. The van der Waals surface area contributed by atoms with Crippen molar-refractivity contribution in [2.24, 2.45) is 17.4 Å². The van der Waals surface area contributed by atoms with Crippen molar-refractivity contribution in [1.29, 1.82) is 0 Å². The highest BCUT2D eigenvalue weighted by atomic mass is 79.9. The van der Waals surface area contributed by atoms with Crippen LogP contribution in [0.25, 0.3) is 0 Å². The molecule has 102 valence electrons. The average Bonchev–Trinajstić information content (AvgIpc) is 2.39. The average molecular weight is 331 g/mol. The zero-order valence-corrected chi connectivity index (χ0v) is 13.1. The number of hydrogen-bond acceptors (Lipinski definition) is 3. The topological polar surface area (TPSA) is 52.0 Å². The molecular weight excluding hydrogens is 308 g/mol. The van der Waals surface area contributed by atoms with Gasteiger partial charge in [-0.3, -0.25) is 0 Å². The second kappa shape index (κ2) is 7.13. The van der Waals surface area contributed by atoms with Crippen molar-refractivity contribution in [2.75, 3.05) is 0 Å². The third-order valence-corrected chi connectivity index (χ3v) is 5.96. The van der Waals surface area contributed by atoms with Crippen LogP contribution in [0, 0.1) is 5.92 Å². The number of nitrogens with two attached hydrogens (primary N) is 2. The van der Waals surface area contributed by atoms with Crippen LogP contribution in [0.4, 0.5) is 0 Å². The van der Waals surface area contributed by atoms with Crippen LogP contribution >= 0.6 is 27.7 Å².